The van der Waals surface area contributed by atoms with Gasteiger partial charge in [0.25, 0.3) is 0 Å². The van der Waals surface area contributed by atoms with Crippen molar-refractivity contribution in [3.63, 3.8) is 0 Å². The minimum absolute atomic E-state index is 0.0227. The van der Waals surface area contributed by atoms with Crippen LogP contribution < -0.4 is 0 Å². The summed E-state index contributed by atoms with van der Waals surface area (Å²) < 4.78 is 6.58. The van der Waals surface area contributed by atoms with Gasteiger partial charge in [-0.15, -0.1) is 0 Å². The van der Waals surface area contributed by atoms with Gasteiger partial charge in [0.1, 0.15) is 12.7 Å². The maximum Gasteiger partial charge on any atom is 0.199 e. The van der Waals surface area contributed by atoms with Crippen LogP contribution in [-0.2, 0) is 6.54 Å². The normalized spacial score (nSPS) is 10.3. The zero-order valence-corrected chi connectivity index (χ0v) is 7.46. The molecule has 2 aromatic rings. The van der Waals surface area contributed by atoms with Gasteiger partial charge < -0.3 is 4.42 Å². The molecule has 0 aliphatic carbocycles. The number of carbonyl (C=O) groups excluding carboxylic acids is 1. The Hall–Kier alpha value is -1.91. The van der Waals surface area contributed by atoms with Crippen molar-refractivity contribution in [1.29, 1.82) is 0 Å². The van der Waals surface area contributed by atoms with Gasteiger partial charge in [0, 0.05) is 6.42 Å². The van der Waals surface area contributed by atoms with E-state index in [0.717, 1.165) is 0 Å². The Morgan fingerprint density at radius 1 is 1.57 bits per heavy atom. The molecule has 0 bridgehead atoms. The lowest BCUT2D eigenvalue weighted by Crippen LogP contribution is -2.05. The lowest BCUT2D eigenvalue weighted by molar-refractivity contribution is 0.0948. The molecule has 0 fully saturated rings. The van der Waals surface area contributed by atoms with E-state index in [4.69, 9.17) is 4.42 Å². The SMILES string of the molecule is O=C(CCn1cncn1)c1ccco1. The summed E-state index contributed by atoms with van der Waals surface area (Å²) >= 11 is 0. The molecule has 2 rings (SSSR count). The summed E-state index contributed by atoms with van der Waals surface area (Å²) in [6.07, 6.45) is 4.88. The van der Waals surface area contributed by atoms with Crippen LogP contribution >= 0.6 is 0 Å². The van der Waals surface area contributed by atoms with Crippen molar-refractivity contribution in [2.24, 2.45) is 0 Å². The zero-order valence-electron chi connectivity index (χ0n) is 7.46. The topological polar surface area (TPSA) is 60.9 Å². The minimum Gasteiger partial charge on any atom is -0.461 e. The number of carbonyl (C=O) groups is 1. The summed E-state index contributed by atoms with van der Waals surface area (Å²) in [6.45, 7) is 0.527. The highest BCUT2D eigenvalue weighted by atomic mass is 16.3. The molecule has 72 valence electrons. The fourth-order valence-corrected chi connectivity index (χ4v) is 1.12. The van der Waals surface area contributed by atoms with E-state index in [2.05, 4.69) is 10.1 Å². The van der Waals surface area contributed by atoms with E-state index in [1.807, 2.05) is 0 Å². The maximum absolute atomic E-state index is 11.4. The van der Waals surface area contributed by atoms with Crippen LogP contribution in [0.3, 0.4) is 0 Å². The van der Waals surface area contributed by atoms with Crippen LogP contribution in [0.25, 0.3) is 0 Å². The molecule has 14 heavy (non-hydrogen) atoms. The molecule has 5 heteroatoms. The number of furan rings is 1. The Morgan fingerprint density at radius 3 is 3.14 bits per heavy atom. The molecule has 0 amide bonds. The van der Waals surface area contributed by atoms with Crippen molar-refractivity contribution >= 4 is 5.78 Å². The van der Waals surface area contributed by atoms with Gasteiger partial charge in [0.05, 0.1) is 12.8 Å². The van der Waals surface area contributed by atoms with Gasteiger partial charge in [0.15, 0.2) is 11.5 Å². The molecule has 0 radical (unpaired) electrons. The molecular weight excluding hydrogens is 182 g/mol. The average Bonchev–Trinajstić information content (AvgIpc) is 2.87. The molecule has 0 unspecified atom stereocenters. The van der Waals surface area contributed by atoms with Gasteiger partial charge in [-0.1, -0.05) is 0 Å². The third-order valence-corrected chi connectivity index (χ3v) is 1.83. The fraction of sp³-hybridized carbons (Fsp3) is 0.222. The van der Waals surface area contributed by atoms with Crippen molar-refractivity contribution in [3.05, 3.63) is 36.8 Å². The second-order valence-corrected chi connectivity index (χ2v) is 2.81. The molecule has 2 heterocycles. The summed E-state index contributed by atoms with van der Waals surface area (Å²) in [4.78, 5) is 15.2. The molecule has 0 atom stereocenters. The Morgan fingerprint density at radius 2 is 2.50 bits per heavy atom. The van der Waals surface area contributed by atoms with E-state index in [1.165, 1.54) is 12.6 Å². The predicted octanol–water partition coefficient (Wildman–Crippen LogP) is 1.14. The molecule has 0 saturated heterocycles. The minimum atomic E-state index is -0.0227. The van der Waals surface area contributed by atoms with Crippen molar-refractivity contribution in [3.8, 4) is 0 Å². The first-order chi connectivity index (χ1) is 6.86. The van der Waals surface area contributed by atoms with Gasteiger partial charge in [-0.25, -0.2) is 4.98 Å². The van der Waals surface area contributed by atoms with Crippen LogP contribution in [-0.4, -0.2) is 20.5 Å². The number of rotatable bonds is 4. The first-order valence-electron chi connectivity index (χ1n) is 4.25. The number of ketones is 1. The lowest BCUT2D eigenvalue weighted by atomic mass is 10.2. The number of nitrogens with zero attached hydrogens (tertiary/aromatic N) is 3. The number of aryl methyl sites for hydroxylation is 1. The standard InChI is InChI=1S/C9H9N3O2/c13-8(9-2-1-5-14-9)3-4-12-7-10-6-11-12/h1-2,5-7H,3-4H2. The summed E-state index contributed by atoms with van der Waals surface area (Å²) in [5, 5.41) is 3.89. The summed E-state index contributed by atoms with van der Waals surface area (Å²) in [6, 6.07) is 3.35. The predicted molar refractivity (Wildman–Crippen MR) is 47.7 cm³/mol. The van der Waals surface area contributed by atoms with Crippen molar-refractivity contribution in [2.45, 2.75) is 13.0 Å². The largest absolute Gasteiger partial charge is 0.461 e. The first-order valence-corrected chi connectivity index (χ1v) is 4.25. The van der Waals surface area contributed by atoms with Gasteiger partial charge in [-0.2, -0.15) is 5.10 Å². The van der Waals surface area contributed by atoms with Gasteiger partial charge in [0.2, 0.25) is 0 Å². The second kappa shape index (κ2) is 3.87. The fourth-order valence-electron chi connectivity index (χ4n) is 1.12. The van der Waals surface area contributed by atoms with E-state index >= 15 is 0 Å². The molecule has 0 N–H and O–H groups in total. The molecule has 0 aromatic carbocycles. The molecule has 5 nitrogen and oxygen atoms in total. The van der Waals surface area contributed by atoms with Crippen LogP contribution in [0.5, 0.6) is 0 Å². The number of hydrogen-bond acceptors (Lipinski definition) is 4. The second-order valence-electron chi connectivity index (χ2n) is 2.81. The molecule has 0 saturated carbocycles. The number of hydrogen-bond donors (Lipinski definition) is 0. The molecule has 0 aliphatic heterocycles. The van der Waals surface area contributed by atoms with Gasteiger partial charge >= 0.3 is 0 Å². The highest BCUT2D eigenvalue weighted by Gasteiger charge is 2.08. The lowest BCUT2D eigenvalue weighted by Gasteiger charge is -1.97. The monoisotopic (exact) mass is 191 g/mol. The Labute approximate surface area is 80.4 Å². The van der Waals surface area contributed by atoms with E-state index in [0.29, 0.717) is 18.7 Å². The molecule has 0 aliphatic rings. The van der Waals surface area contributed by atoms with E-state index in [9.17, 15) is 4.79 Å². The van der Waals surface area contributed by atoms with Gasteiger partial charge in [-0.05, 0) is 12.1 Å². The van der Waals surface area contributed by atoms with E-state index < -0.39 is 0 Å². The van der Waals surface area contributed by atoms with Crippen LogP contribution in [0.2, 0.25) is 0 Å². The average molecular weight is 191 g/mol. The zero-order chi connectivity index (χ0) is 9.80. The van der Waals surface area contributed by atoms with Crippen molar-refractivity contribution in [2.75, 3.05) is 0 Å². The molecule has 0 spiro atoms. The van der Waals surface area contributed by atoms with Crippen molar-refractivity contribution in [1.82, 2.24) is 14.8 Å². The van der Waals surface area contributed by atoms with Crippen LogP contribution in [0.1, 0.15) is 17.0 Å². The number of Topliss-reactive ketones (excluding diaryl/α,β-unsaturated/α-hetero) is 1. The number of aromatic nitrogens is 3. The molecule has 2 aromatic heterocycles. The van der Waals surface area contributed by atoms with Crippen LogP contribution in [0.15, 0.2) is 35.5 Å². The van der Waals surface area contributed by atoms with Crippen LogP contribution in [0.4, 0.5) is 0 Å². The molecular formula is C9H9N3O2. The third kappa shape index (κ3) is 1.87. The Kier molecular flexibility index (Phi) is 2.40. The van der Waals surface area contributed by atoms with E-state index in [-0.39, 0.29) is 5.78 Å². The van der Waals surface area contributed by atoms with Crippen molar-refractivity contribution < 1.29 is 9.21 Å². The first kappa shape index (κ1) is 8.68. The quantitative estimate of drug-likeness (QED) is 0.680. The highest BCUT2D eigenvalue weighted by Crippen LogP contribution is 2.04. The maximum atomic E-state index is 11.4. The van der Waals surface area contributed by atoms with Gasteiger partial charge in [-0.3, -0.25) is 9.48 Å². The summed E-state index contributed by atoms with van der Waals surface area (Å²) in [7, 11) is 0. The highest BCUT2D eigenvalue weighted by molar-refractivity contribution is 5.93. The summed E-state index contributed by atoms with van der Waals surface area (Å²) in [5.41, 5.74) is 0. The Bertz CT molecular complexity index is 392. The van der Waals surface area contributed by atoms with Crippen LogP contribution in [0, 0.1) is 0 Å². The third-order valence-electron chi connectivity index (χ3n) is 1.83. The smallest absolute Gasteiger partial charge is 0.199 e. The Balaban J connectivity index is 1.90. The summed E-state index contributed by atoms with van der Waals surface area (Å²) in [5.74, 6) is 0.371. The van der Waals surface area contributed by atoms with E-state index in [1.54, 1.807) is 23.1 Å².